The lowest BCUT2D eigenvalue weighted by atomic mass is 9.71. The third-order valence-electron chi connectivity index (χ3n) is 8.86. The summed E-state index contributed by atoms with van der Waals surface area (Å²) in [4.78, 5) is 39.7. The normalized spacial score (nSPS) is 17.3. The fourth-order valence-electron chi connectivity index (χ4n) is 6.22. The fourth-order valence-corrected chi connectivity index (χ4v) is 6.22. The predicted molar refractivity (Wildman–Crippen MR) is 166 cm³/mol. The van der Waals surface area contributed by atoms with E-state index in [-0.39, 0.29) is 23.7 Å². The molecule has 6 rings (SSSR count). The summed E-state index contributed by atoms with van der Waals surface area (Å²) in [5.74, 6) is 0.772. The highest BCUT2D eigenvalue weighted by Crippen LogP contribution is 2.42. The number of fused-ring (bicyclic) bond motifs is 1. The minimum Gasteiger partial charge on any atom is -0.371 e. The van der Waals surface area contributed by atoms with Gasteiger partial charge in [-0.3, -0.25) is 9.59 Å². The molecule has 1 spiro atoms. The number of piperidine rings is 2. The molecule has 1 N–H and O–H groups in total. The fraction of sp³-hybridized carbons (Fsp3) is 0.452. The number of hydrogen-bond acceptors (Lipinski definition) is 8. The molecule has 0 amide bonds. The monoisotopic (exact) mass is 569 g/mol. The van der Waals surface area contributed by atoms with Crippen molar-refractivity contribution < 1.29 is 0 Å². The summed E-state index contributed by atoms with van der Waals surface area (Å²) in [6, 6.07) is 11.3. The van der Waals surface area contributed by atoms with E-state index in [9.17, 15) is 9.59 Å². The Kier molecular flexibility index (Phi) is 7.44. The molecular weight excluding hydrogens is 530 g/mol. The third-order valence-corrected chi connectivity index (χ3v) is 8.86. The van der Waals surface area contributed by atoms with Gasteiger partial charge in [-0.25, -0.2) is 19.0 Å². The van der Waals surface area contributed by atoms with E-state index in [1.165, 1.54) is 66.1 Å². The molecule has 0 radical (unpaired) electrons. The van der Waals surface area contributed by atoms with Crippen molar-refractivity contribution in [1.82, 2.24) is 34.0 Å². The number of rotatable bonds is 7. The molecule has 0 saturated carbocycles. The Bertz CT molecular complexity index is 1700. The van der Waals surface area contributed by atoms with Gasteiger partial charge in [0.1, 0.15) is 5.39 Å². The van der Waals surface area contributed by atoms with Gasteiger partial charge in [0.05, 0.1) is 12.6 Å². The van der Waals surface area contributed by atoms with E-state index < -0.39 is 0 Å². The second-order valence-corrected chi connectivity index (χ2v) is 11.9. The number of anilines is 3. The molecule has 2 fully saturated rings. The van der Waals surface area contributed by atoms with Gasteiger partial charge in [-0.15, -0.1) is 11.7 Å². The first-order valence-electron chi connectivity index (χ1n) is 14.8. The molecule has 2 saturated heterocycles. The first-order valence-corrected chi connectivity index (χ1v) is 14.8. The van der Waals surface area contributed by atoms with Crippen LogP contribution in [0.1, 0.15) is 45.6 Å². The minimum atomic E-state index is -0.256. The standard InChI is InChI=1S/C31H39N9O2/c1-5-16-38-29(42)25-21-32-30(34-28(25)40(38)26-10-11-27(41)39(35-26)22(2)3)33-23-6-8-24(9-7-23)37-19-14-31(15-20-37)12-17-36(4)18-13-31/h5-11,21-22H,1,12-20H2,2-4H3,(H,32,33,34). The maximum atomic E-state index is 13.3. The van der Waals surface area contributed by atoms with Crippen LogP contribution in [0.2, 0.25) is 0 Å². The Morgan fingerprint density at radius 3 is 2.36 bits per heavy atom. The quantitative estimate of drug-likeness (QED) is 0.334. The number of benzene rings is 1. The van der Waals surface area contributed by atoms with Gasteiger partial charge in [0, 0.05) is 36.7 Å². The molecule has 5 heterocycles. The highest BCUT2D eigenvalue weighted by Gasteiger charge is 2.36. The third kappa shape index (κ3) is 5.24. The Morgan fingerprint density at radius 2 is 1.69 bits per heavy atom. The molecule has 11 nitrogen and oxygen atoms in total. The van der Waals surface area contributed by atoms with Gasteiger partial charge in [0.2, 0.25) is 5.95 Å². The Hall–Kier alpha value is -4.25. The number of hydrogen-bond donors (Lipinski definition) is 1. The number of nitrogens with one attached hydrogen (secondary N) is 1. The van der Waals surface area contributed by atoms with Crippen LogP contribution in [0.5, 0.6) is 0 Å². The van der Waals surface area contributed by atoms with Crippen molar-refractivity contribution in [2.24, 2.45) is 5.41 Å². The molecule has 0 atom stereocenters. The van der Waals surface area contributed by atoms with Crippen molar-refractivity contribution in [3.8, 4) is 5.82 Å². The highest BCUT2D eigenvalue weighted by molar-refractivity contribution is 5.77. The highest BCUT2D eigenvalue weighted by atomic mass is 16.1. The topological polar surface area (TPSA) is 106 Å². The summed E-state index contributed by atoms with van der Waals surface area (Å²) in [7, 11) is 2.23. The molecule has 42 heavy (non-hydrogen) atoms. The number of aromatic nitrogens is 6. The van der Waals surface area contributed by atoms with E-state index in [1.807, 2.05) is 26.0 Å². The van der Waals surface area contributed by atoms with Crippen LogP contribution >= 0.6 is 0 Å². The summed E-state index contributed by atoms with van der Waals surface area (Å²) < 4.78 is 4.51. The Balaban J connectivity index is 1.24. The SMILES string of the molecule is C=CCn1c(=O)c2cnc(Nc3ccc(N4CCC5(CCN(C)CC5)CC4)cc3)nc2n1-c1ccc(=O)n(C(C)C)n1. The molecule has 0 aliphatic carbocycles. The molecule has 1 aromatic carbocycles. The first-order chi connectivity index (χ1) is 20.3. The maximum absolute atomic E-state index is 13.3. The molecule has 11 heteroatoms. The second kappa shape index (κ2) is 11.2. The van der Waals surface area contributed by atoms with Gasteiger partial charge >= 0.3 is 0 Å². The number of nitrogens with zero attached hydrogens (tertiary/aromatic N) is 8. The first kappa shape index (κ1) is 27.9. The second-order valence-electron chi connectivity index (χ2n) is 11.9. The minimum absolute atomic E-state index is 0.144. The van der Waals surface area contributed by atoms with E-state index in [0.29, 0.717) is 28.2 Å². The lowest BCUT2D eigenvalue weighted by molar-refractivity contribution is 0.0945. The smallest absolute Gasteiger partial charge is 0.278 e. The number of allylic oxidation sites excluding steroid dienone is 1. The van der Waals surface area contributed by atoms with Crippen molar-refractivity contribution in [1.29, 1.82) is 0 Å². The lowest BCUT2D eigenvalue weighted by Crippen LogP contribution is -2.46. The molecule has 220 valence electrons. The predicted octanol–water partition coefficient (Wildman–Crippen LogP) is 3.96. The van der Waals surface area contributed by atoms with Crippen molar-refractivity contribution in [3.63, 3.8) is 0 Å². The van der Waals surface area contributed by atoms with Crippen molar-refractivity contribution in [3.05, 3.63) is 76.0 Å². The van der Waals surface area contributed by atoms with E-state index >= 15 is 0 Å². The van der Waals surface area contributed by atoms with Crippen LogP contribution in [0, 0.1) is 5.41 Å². The van der Waals surface area contributed by atoms with Crippen LogP contribution in [0.3, 0.4) is 0 Å². The van der Waals surface area contributed by atoms with Gasteiger partial charge in [0.25, 0.3) is 11.1 Å². The average molecular weight is 570 g/mol. The maximum Gasteiger partial charge on any atom is 0.278 e. The summed E-state index contributed by atoms with van der Waals surface area (Å²) in [6.45, 7) is 12.4. The zero-order valence-electron chi connectivity index (χ0n) is 24.7. The molecule has 3 aromatic heterocycles. The van der Waals surface area contributed by atoms with Gasteiger partial charge < -0.3 is 15.1 Å². The molecular formula is C31H39N9O2. The van der Waals surface area contributed by atoms with Crippen molar-refractivity contribution in [2.45, 2.75) is 52.1 Å². The zero-order valence-corrected chi connectivity index (χ0v) is 24.7. The van der Waals surface area contributed by atoms with Crippen LogP contribution in [-0.2, 0) is 6.54 Å². The Labute approximate surface area is 245 Å². The van der Waals surface area contributed by atoms with Crippen LogP contribution in [-0.4, -0.2) is 67.2 Å². The van der Waals surface area contributed by atoms with Crippen LogP contribution in [0.4, 0.5) is 17.3 Å². The lowest BCUT2D eigenvalue weighted by Gasteiger charge is -2.46. The van der Waals surface area contributed by atoms with E-state index in [4.69, 9.17) is 4.98 Å². The molecule has 2 aliphatic heterocycles. The van der Waals surface area contributed by atoms with Gasteiger partial charge in [-0.05, 0) is 95.4 Å². The molecule has 4 aromatic rings. The van der Waals surface area contributed by atoms with E-state index in [0.717, 1.165) is 18.8 Å². The Morgan fingerprint density at radius 1 is 1.00 bits per heavy atom. The van der Waals surface area contributed by atoms with Gasteiger partial charge in [-0.2, -0.15) is 4.98 Å². The summed E-state index contributed by atoms with van der Waals surface area (Å²) in [5, 5.41) is 8.18. The van der Waals surface area contributed by atoms with Crippen LogP contribution in [0.25, 0.3) is 16.9 Å². The van der Waals surface area contributed by atoms with Crippen LogP contribution < -0.4 is 21.3 Å². The summed E-state index contributed by atoms with van der Waals surface area (Å²) >= 11 is 0. The van der Waals surface area contributed by atoms with Crippen molar-refractivity contribution >= 4 is 28.4 Å². The van der Waals surface area contributed by atoms with Gasteiger partial charge in [-0.1, -0.05) is 6.08 Å². The van der Waals surface area contributed by atoms with E-state index in [1.54, 1.807) is 16.8 Å². The molecule has 0 unspecified atom stereocenters. The largest absolute Gasteiger partial charge is 0.371 e. The number of likely N-dealkylation sites (tertiary alicyclic amines) is 1. The summed E-state index contributed by atoms with van der Waals surface area (Å²) in [6.07, 6.45) is 8.30. The van der Waals surface area contributed by atoms with E-state index in [2.05, 4.69) is 51.0 Å². The molecule has 2 aliphatic rings. The molecule has 0 bridgehead atoms. The average Bonchev–Trinajstić information content (AvgIpc) is 3.26. The van der Waals surface area contributed by atoms with Gasteiger partial charge in [0.15, 0.2) is 11.5 Å². The summed E-state index contributed by atoms with van der Waals surface area (Å²) in [5.41, 5.74) is 2.53. The van der Waals surface area contributed by atoms with Crippen LogP contribution in [0.15, 0.2) is 64.8 Å². The van der Waals surface area contributed by atoms with Crippen molar-refractivity contribution in [2.75, 3.05) is 43.4 Å². The zero-order chi connectivity index (χ0) is 29.4.